The quantitative estimate of drug-likeness (QED) is 0.323. The Bertz CT molecular complexity index is 693. The van der Waals surface area contributed by atoms with Crippen LogP contribution < -0.4 is 21.3 Å². The van der Waals surface area contributed by atoms with Crippen LogP contribution in [0.1, 0.15) is 25.8 Å². The second-order valence-corrected chi connectivity index (χ2v) is 6.91. The van der Waals surface area contributed by atoms with Crippen molar-refractivity contribution < 1.29 is 24.0 Å². The largest absolute Gasteiger partial charge is 0.350 e. The van der Waals surface area contributed by atoms with Crippen molar-refractivity contribution >= 4 is 30.4 Å². The van der Waals surface area contributed by atoms with E-state index in [2.05, 4.69) is 21.3 Å². The lowest BCUT2D eigenvalue weighted by Gasteiger charge is -2.24. The van der Waals surface area contributed by atoms with Gasteiger partial charge in [-0.05, 0) is 17.9 Å². The SMILES string of the molecule is CC(C)CC(NC(=O)C(Cc1ccccc1)NC(=O)CNC=O)C(=O)NCC=O. The first-order valence-electron chi connectivity index (χ1n) is 9.39. The molecule has 2 atom stereocenters. The normalized spacial score (nSPS) is 12.4. The lowest BCUT2D eigenvalue weighted by Crippen LogP contribution is -2.55. The van der Waals surface area contributed by atoms with Gasteiger partial charge in [-0.2, -0.15) is 0 Å². The van der Waals surface area contributed by atoms with Crippen molar-refractivity contribution in [3.05, 3.63) is 35.9 Å². The van der Waals surface area contributed by atoms with Gasteiger partial charge in [-0.3, -0.25) is 19.2 Å². The van der Waals surface area contributed by atoms with E-state index < -0.39 is 29.8 Å². The molecule has 0 aliphatic rings. The third-order valence-electron chi connectivity index (χ3n) is 3.98. The molecule has 0 saturated heterocycles. The number of hydrogen-bond donors (Lipinski definition) is 4. The molecule has 4 N–H and O–H groups in total. The summed E-state index contributed by atoms with van der Waals surface area (Å²) in [6.45, 7) is 3.39. The van der Waals surface area contributed by atoms with Gasteiger partial charge in [0.2, 0.25) is 24.1 Å². The summed E-state index contributed by atoms with van der Waals surface area (Å²) in [5.74, 6) is -1.41. The smallest absolute Gasteiger partial charge is 0.243 e. The molecule has 0 aromatic heterocycles. The molecule has 0 fully saturated rings. The summed E-state index contributed by atoms with van der Waals surface area (Å²) < 4.78 is 0. The first kappa shape index (κ1) is 23.8. The number of nitrogens with one attached hydrogen (secondary N) is 4. The topological polar surface area (TPSA) is 133 Å². The molecular weight excluding hydrogens is 376 g/mol. The van der Waals surface area contributed by atoms with Crippen molar-refractivity contribution in [2.24, 2.45) is 5.92 Å². The van der Waals surface area contributed by atoms with Crippen molar-refractivity contribution in [2.75, 3.05) is 13.1 Å². The van der Waals surface area contributed by atoms with E-state index in [9.17, 15) is 24.0 Å². The Balaban J connectivity index is 2.92. The van der Waals surface area contributed by atoms with E-state index in [-0.39, 0.29) is 25.4 Å². The molecule has 1 aromatic carbocycles. The summed E-state index contributed by atoms with van der Waals surface area (Å²) >= 11 is 0. The van der Waals surface area contributed by atoms with E-state index in [1.165, 1.54) is 0 Å². The zero-order chi connectivity index (χ0) is 21.6. The van der Waals surface area contributed by atoms with Crippen LogP contribution in [-0.2, 0) is 30.4 Å². The minimum Gasteiger partial charge on any atom is -0.350 e. The summed E-state index contributed by atoms with van der Waals surface area (Å²) in [7, 11) is 0. The zero-order valence-corrected chi connectivity index (χ0v) is 16.6. The molecule has 0 spiro atoms. The van der Waals surface area contributed by atoms with Crippen LogP contribution in [0.25, 0.3) is 0 Å². The molecule has 0 heterocycles. The fourth-order valence-electron chi connectivity index (χ4n) is 2.68. The first-order valence-corrected chi connectivity index (χ1v) is 9.39. The molecule has 158 valence electrons. The Morgan fingerprint density at radius 1 is 0.966 bits per heavy atom. The summed E-state index contributed by atoms with van der Waals surface area (Å²) in [4.78, 5) is 58.1. The zero-order valence-electron chi connectivity index (χ0n) is 16.6. The molecule has 9 nitrogen and oxygen atoms in total. The maximum atomic E-state index is 12.9. The molecule has 1 aromatic rings. The Labute approximate surface area is 170 Å². The molecule has 29 heavy (non-hydrogen) atoms. The van der Waals surface area contributed by atoms with E-state index in [1.54, 1.807) is 0 Å². The van der Waals surface area contributed by atoms with Crippen LogP contribution in [0.5, 0.6) is 0 Å². The number of amides is 4. The maximum absolute atomic E-state index is 12.9. The van der Waals surface area contributed by atoms with Crippen LogP contribution in [-0.4, -0.2) is 55.6 Å². The second kappa shape index (κ2) is 13.0. The van der Waals surface area contributed by atoms with Gasteiger partial charge in [0.25, 0.3) is 0 Å². The summed E-state index contributed by atoms with van der Waals surface area (Å²) in [6.07, 6.45) is 1.53. The van der Waals surface area contributed by atoms with Crippen molar-refractivity contribution in [3.63, 3.8) is 0 Å². The number of carbonyl (C=O) groups excluding carboxylic acids is 5. The van der Waals surface area contributed by atoms with Gasteiger partial charge in [0, 0.05) is 6.42 Å². The molecule has 0 aliphatic carbocycles. The fourth-order valence-corrected chi connectivity index (χ4v) is 2.68. The Morgan fingerprint density at radius 3 is 2.24 bits per heavy atom. The molecule has 4 amide bonds. The summed E-state index contributed by atoms with van der Waals surface area (Å²) in [6, 6.07) is 7.32. The van der Waals surface area contributed by atoms with E-state index in [0.717, 1.165) is 5.56 Å². The highest BCUT2D eigenvalue weighted by Gasteiger charge is 2.27. The van der Waals surface area contributed by atoms with Gasteiger partial charge in [-0.1, -0.05) is 44.2 Å². The van der Waals surface area contributed by atoms with E-state index in [1.807, 2.05) is 44.2 Å². The van der Waals surface area contributed by atoms with Gasteiger partial charge < -0.3 is 26.1 Å². The van der Waals surface area contributed by atoms with Crippen molar-refractivity contribution in [2.45, 2.75) is 38.8 Å². The lowest BCUT2D eigenvalue weighted by molar-refractivity contribution is -0.132. The van der Waals surface area contributed by atoms with Gasteiger partial charge in [0.1, 0.15) is 18.4 Å². The molecule has 1 rings (SSSR count). The Morgan fingerprint density at radius 2 is 1.66 bits per heavy atom. The minimum absolute atomic E-state index is 0.112. The van der Waals surface area contributed by atoms with Gasteiger partial charge in [0.15, 0.2) is 0 Å². The van der Waals surface area contributed by atoms with Crippen LogP contribution in [0.3, 0.4) is 0 Å². The number of hydrogen-bond acceptors (Lipinski definition) is 5. The van der Waals surface area contributed by atoms with E-state index in [0.29, 0.717) is 19.1 Å². The number of aldehydes is 1. The summed E-state index contributed by atoms with van der Waals surface area (Å²) in [5, 5.41) is 9.93. The van der Waals surface area contributed by atoms with E-state index in [4.69, 9.17) is 0 Å². The van der Waals surface area contributed by atoms with Gasteiger partial charge in [-0.15, -0.1) is 0 Å². The molecule has 9 heteroatoms. The average Bonchev–Trinajstić information content (AvgIpc) is 2.69. The predicted octanol–water partition coefficient (Wildman–Crippen LogP) is -0.694. The standard InChI is InChI=1S/C20H28N4O5/c1-14(2)10-16(19(28)22-8-9-25)24-20(29)17(23-18(27)12-21-13-26)11-15-6-4-3-5-7-15/h3-7,9,13-14,16-17H,8,10-12H2,1-2H3,(H,21,26)(H,22,28)(H,23,27)(H,24,29). The average molecular weight is 404 g/mol. The highest BCUT2D eigenvalue weighted by Crippen LogP contribution is 2.08. The second-order valence-electron chi connectivity index (χ2n) is 6.91. The molecule has 2 unspecified atom stereocenters. The summed E-state index contributed by atoms with van der Waals surface area (Å²) in [5.41, 5.74) is 0.821. The van der Waals surface area contributed by atoms with E-state index >= 15 is 0 Å². The fraction of sp³-hybridized carbons (Fsp3) is 0.450. The van der Waals surface area contributed by atoms with Gasteiger partial charge >= 0.3 is 0 Å². The lowest BCUT2D eigenvalue weighted by atomic mass is 10.0. The van der Waals surface area contributed by atoms with Gasteiger partial charge in [-0.25, -0.2) is 0 Å². The first-order chi connectivity index (χ1) is 13.9. The van der Waals surface area contributed by atoms with Crippen molar-refractivity contribution in [1.29, 1.82) is 0 Å². The third-order valence-corrected chi connectivity index (χ3v) is 3.98. The molecule has 0 aliphatic heterocycles. The number of benzene rings is 1. The van der Waals surface area contributed by atoms with Crippen LogP contribution >= 0.6 is 0 Å². The molecule has 0 bridgehead atoms. The Hall–Kier alpha value is -3.23. The van der Waals surface area contributed by atoms with Crippen LogP contribution in [0.15, 0.2) is 30.3 Å². The third kappa shape index (κ3) is 9.50. The number of rotatable bonds is 13. The predicted molar refractivity (Wildman–Crippen MR) is 107 cm³/mol. The monoisotopic (exact) mass is 404 g/mol. The highest BCUT2D eigenvalue weighted by molar-refractivity contribution is 5.93. The highest BCUT2D eigenvalue weighted by atomic mass is 16.2. The number of carbonyl (C=O) groups is 5. The van der Waals surface area contributed by atoms with Crippen molar-refractivity contribution in [1.82, 2.24) is 21.3 Å². The Kier molecular flexibility index (Phi) is 10.7. The molecular formula is C20H28N4O5. The minimum atomic E-state index is -0.938. The molecule has 0 saturated carbocycles. The maximum Gasteiger partial charge on any atom is 0.243 e. The van der Waals surface area contributed by atoms with Crippen LogP contribution in [0.2, 0.25) is 0 Å². The van der Waals surface area contributed by atoms with Gasteiger partial charge in [0.05, 0.1) is 13.1 Å². The van der Waals surface area contributed by atoms with Crippen LogP contribution in [0.4, 0.5) is 0 Å². The molecule has 0 radical (unpaired) electrons. The van der Waals surface area contributed by atoms with Crippen LogP contribution in [0, 0.1) is 5.92 Å². The van der Waals surface area contributed by atoms with Crippen molar-refractivity contribution in [3.8, 4) is 0 Å².